The first kappa shape index (κ1) is 28.1. The molecule has 0 N–H and O–H groups in total. The minimum atomic E-state index is -0.290. The Morgan fingerprint density at radius 3 is 2.61 bits per heavy atom. The predicted octanol–water partition coefficient (Wildman–Crippen LogP) is 6.06. The van der Waals surface area contributed by atoms with Crippen LogP contribution in [0.1, 0.15) is 55.9 Å². The minimum Gasteiger partial charge on any atom is 2.00 e. The van der Waals surface area contributed by atoms with E-state index in [1.165, 1.54) is 5.46 Å². The van der Waals surface area contributed by atoms with Crippen LogP contribution in [0.5, 0.6) is 0 Å². The molecule has 0 aliphatic rings. The minimum absolute atomic E-state index is 0. The van der Waals surface area contributed by atoms with Crippen LogP contribution in [0, 0.1) is 35.7 Å². The van der Waals surface area contributed by atoms with E-state index < -0.39 is 0 Å². The first-order valence-electron chi connectivity index (χ1n) is 10.6. The quantitative estimate of drug-likeness (QED) is 0.207. The summed E-state index contributed by atoms with van der Waals surface area (Å²) in [6.07, 6.45) is 12.8. The van der Waals surface area contributed by atoms with Gasteiger partial charge in [-0.15, -0.1) is 0 Å². The van der Waals surface area contributed by atoms with Crippen molar-refractivity contribution in [2.24, 2.45) is 0 Å². The summed E-state index contributed by atoms with van der Waals surface area (Å²) >= 11 is 0. The molecule has 2 heterocycles. The summed E-state index contributed by atoms with van der Waals surface area (Å²) in [6.45, 7) is 14.0. The smallest absolute Gasteiger partial charge is 2.00 e. The molecule has 2 aromatic rings. The van der Waals surface area contributed by atoms with Crippen LogP contribution in [-0.2, 0) is 32.9 Å². The zero-order valence-corrected chi connectivity index (χ0v) is 21.8. The molecule has 0 saturated carbocycles. The van der Waals surface area contributed by atoms with Crippen molar-refractivity contribution in [3.8, 4) is 12.1 Å². The van der Waals surface area contributed by atoms with Crippen LogP contribution in [0.15, 0.2) is 77.9 Å². The first-order valence-corrected chi connectivity index (χ1v) is 10.6. The normalized spacial score (nSPS) is 13.3. The van der Waals surface area contributed by atoms with Crippen LogP contribution in [0.25, 0.3) is 0 Å². The van der Waals surface area contributed by atoms with Gasteiger partial charge in [0, 0.05) is 0 Å². The van der Waals surface area contributed by atoms with Crippen molar-refractivity contribution < 1.29 is 21.1 Å². The van der Waals surface area contributed by atoms with E-state index in [0.29, 0.717) is 17.6 Å². The predicted molar refractivity (Wildman–Crippen MR) is 132 cm³/mol. The number of nitrogens with zero attached hydrogens (tertiary/aromatic N) is 3. The maximum Gasteiger partial charge on any atom is 2.00 e. The van der Waals surface area contributed by atoms with E-state index in [4.69, 9.17) is 10.2 Å². The van der Waals surface area contributed by atoms with E-state index in [9.17, 15) is 5.26 Å². The van der Waals surface area contributed by atoms with E-state index in [-0.39, 0.29) is 32.4 Å². The van der Waals surface area contributed by atoms with Gasteiger partial charge in [0.25, 0.3) is 0 Å². The first-order chi connectivity index (χ1) is 15.3. The van der Waals surface area contributed by atoms with Gasteiger partial charge < -0.3 is 0 Å². The summed E-state index contributed by atoms with van der Waals surface area (Å²) in [5.41, 5.74) is 5.19. The fourth-order valence-electron chi connectivity index (χ4n) is 3.22. The molecular formula is C28H28BN3Pt. The second-order valence-corrected chi connectivity index (χ2v) is 8.17. The Morgan fingerprint density at radius 2 is 1.94 bits per heavy atom. The van der Waals surface area contributed by atoms with Crippen molar-refractivity contribution in [2.75, 3.05) is 0 Å². The Morgan fingerprint density at radius 1 is 1.21 bits per heavy atom. The largest absolute Gasteiger partial charge is 2.00 e. The molecule has 0 fully saturated rings. The van der Waals surface area contributed by atoms with Gasteiger partial charge in [0.15, 0.2) is 0 Å². The van der Waals surface area contributed by atoms with Crippen LogP contribution < -0.4 is 0 Å². The van der Waals surface area contributed by atoms with Crippen molar-refractivity contribution in [1.82, 2.24) is 4.98 Å². The Labute approximate surface area is 213 Å². The fraction of sp³-hybridized carbons (Fsp3) is 0.250. The molecule has 0 aliphatic carbocycles. The monoisotopic (exact) mass is 612 g/mol. The van der Waals surface area contributed by atoms with Crippen LogP contribution in [0.4, 0.5) is 0 Å². The number of nitriles is 2. The topological polar surface area (TPSA) is 60.5 Å². The van der Waals surface area contributed by atoms with E-state index >= 15 is 0 Å². The molecule has 0 aromatic carbocycles. The second kappa shape index (κ2) is 13.6. The van der Waals surface area contributed by atoms with Gasteiger partial charge in [-0.05, 0) is 0 Å². The number of aromatic nitrogens is 1. The molecule has 33 heavy (non-hydrogen) atoms. The molecule has 0 amide bonds. The average molecular weight is 612 g/mol. The standard InChI is InChI=1S/C28H28BN3.Pt/c1-6-10-23(20-31)17-18-24-13-8-15-26(29-24)28(4,5)27-16-9-14-25(32-27)22(3)12-7-11-21(2)19-30;/h6-11,13-17,22H,1,18H2,2-5H3;/q-2;+2/b10-6-,21-11+,23-17+;. The van der Waals surface area contributed by atoms with Gasteiger partial charge in [-0.2, -0.15) is 0 Å². The van der Waals surface area contributed by atoms with Crippen molar-refractivity contribution >= 4 is 6.91 Å². The molecule has 5 heteroatoms. The molecule has 0 radical (unpaired) electrons. The van der Waals surface area contributed by atoms with Crippen LogP contribution in [0.3, 0.4) is 0 Å². The Hall–Kier alpha value is -2.94. The van der Waals surface area contributed by atoms with Gasteiger partial charge in [-0.1, -0.05) is 0 Å². The third-order valence-corrected chi connectivity index (χ3v) is 5.34. The summed E-state index contributed by atoms with van der Waals surface area (Å²) in [5, 5.41) is 18.1. The van der Waals surface area contributed by atoms with Gasteiger partial charge in [0.1, 0.15) is 0 Å². The molecule has 0 bridgehead atoms. The van der Waals surface area contributed by atoms with E-state index in [1.807, 2.05) is 25.1 Å². The molecule has 1 unspecified atom stereocenters. The van der Waals surface area contributed by atoms with Crippen LogP contribution in [0.2, 0.25) is 0 Å². The number of rotatable bonds is 8. The van der Waals surface area contributed by atoms with Crippen LogP contribution in [-0.4, -0.2) is 11.9 Å². The molecule has 3 nitrogen and oxygen atoms in total. The second-order valence-electron chi connectivity index (χ2n) is 8.17. The molecule has 0 aliphatic heterocycles. The van der Waals surface area contributed by atoms with Gasteiger partial charge >= 0.3 is 214 Å². The van der Waals surface area contributed by atoms with Gasteiger partial charge in [-0.25, -0.2) is 0 Å². The molecule has 168 valence electrons. The summed E-state index contributed by atoms with van der Waals surface area (Å²) in [5.74, 6) is 0.00970. The molecular weight excluding hydrogens is 584 g/mol. The van der Waals surface area contributed by atoms with Crippen LogP contribution >= 0.6 is 0 Å². The van der Waals surface area contributed by atoms with E-state index in [2.05, 4.69) is 70.2 Å². The summed E-state index contributed by atoms with van der Waals surface area (Å²) in [7, 11) is 0. The molecule has 1 atom stereocenters. The maximum atomic E-state index is 9.20. The van der Waals surface area contributed by atoms with Crippen molar-refractivity contribution in [2.45, 2.75) is 45.4 Å². The molecule has 0 saturated heterocycles. The fourth-order valence-corrected chi connectivity index (χ4v) is 3.22. The number of allylic oxidation sites excluding steroid dienone is 8. The van der Waals surface area contributed by atoms with Crippen molar-refractivity contribution in [3.63, 3.8) is 0 Å². The number of pyridine rings is 1. The summed E-state index contributed by atoms with van der Waals surface area (Å²) < 4.78 is 0. The van der Waals surface area contributed by atoms with E-state index in [0.717, 1.165) is 16.8 Å². The number of hydrogen-bond donors (Lipinski definition) is 0. The summed E-state index contributed by atoms with van der Waals surface area (Å²) in [6, 6.07) is 16.6. The van der Waals surface area contributed by atoms with Crippen molar-refractivity contribution in [3.05, 3.63) is 113 Å². The third kappa shape index (κ3) is 8.16. The zero-order chi connectivity index (χ0) is 23.6. The van der Waals surface area contributed by atoms with Gasteiger partial charge in [-0.3, -0.25) is 0 Å². The molecule has 0 spiro atoms. The third-order valence-electron chi connectivity index (χ3n) is 5.34. The average Bonchev–Trinajstić information content (AvgIpc) is 2.81. The van der Waals surface area contributed by atoms with Gasteiger partial charge in [0.05, 0.1) is 0 Å². The molecule has 2 aromatic heterocycles. The number of hydrogen-bond acceptors (Lipinski definition) is 3. The van der Waals surface area contributed by atoms with Gasteiger partial charge in [0.2, 0.25) is 0 Å². The zero-order valence-electron chi connectivity index (χ0n) is 19.6. The SMILES string of the molecule is [CH2-]/C=C\C(C#N)=C/Cc1bc(C(C)(C)c2cccc(C(C)[C-]=C/C=C(\C)C#N)n2)ccc1.[Pt+2]. The Balaban J connectivity index is 0.00000544. The Kier molecular flexibility index (Phi) is 11.6. The van der Waals surface area contributed by atoms with Crippen molar-refractivity contribution in [1.29, 1.82) is 10.5 Å². The Bertz CT molecular complexity index is 1140. The molecule has 2 rings (SSSR count). The maximum absolute atomic E-state index is 9.20. The summed E-state index contributed by atoms with van der Waals surface area (Å²) in [4.78, 5) is 4.94. The van der Waals surface area contributed by atoms with E-state index in [1.54, 1.807) is 31.2 Å².